The highest BCUT2D eigenvalue weighted by Gasteiger charge is 2.05. The van der Waals surface area contributed by atoms with Crippen LogP contribution in [0.5, 0.6) is 0 Å². The van der Waals surface area contributed by atoms with Gasteiger partial charge in [0, 0.05) is 31.5 Å². The van der Waals surface area contributed by atoms with Crippen LogP contribution in [0.15, 0.2) is 29.4 Å². The molecular weight excluding hydrogens is 354 g/mol. The Hall–Kier alpha value is -2.95. The summed E-state index contributed by atoms with van der Waals surface area (Å²) in [7, 11) is 1.77. The zero-order valence-electron chi connectivity index (χ0n) is 14.4. The van der Waals surface area contributed by atoms with Gasteiger partial charge in [-0.05, 0) is 35.0 Å². The Kier molecular flexibility index (Phi) is 5.79. The van der Waals surface area contributed by atoms with Crippen molar-refractivity contribution in [2.75, 3.05) is 17.6 Å². The van der Waals surface area contributed by atoms with E-state index in [1.807, 2.05) is 31.2 Å². The Morgan fingerprint density at radius 3 is 2.77 bits per heavy atom. The molecule has 2 amide bonds. The third kappa shape index (κ3) is 5.02. The number of urea groups is 1. The molecule has 0 radical (unpaired) electrons. The molecule has 11 heteroatoms. The lowest BCUT2D eigenvalue weighted by molar-refractivity contribution is 0.252. The number of thioether (sulfide) groups is 1. The molecule has 1 aromatic carbocycles. The van der Waals surface area contributed by atoms with E-state index in [1.165, 1.54) is 11.8 Å². The van der Waals surface area contributed by atoms with Crippen LogP contribution in [0.25, 0.3) is 0 Å². The van der Waals surface area contributed by atoms with Crippen molar-refractivity contribution in [1.82, 2.24) is 40.7 Å². The van der Waals surface area contributed by atoms with Crippen LogP contribution in [0.2, 0.25) is 0 Å². The number of nitrogens with one attached hydrogen (secondary N) is 3. The first kappa shape index (κ1) is 17.9. The Balaban J connectivity index is 1.40. The van der Waals surface area contributed by atoms with E-state index in [0.29, 0.717) is 23.9 Å². The van der Waals surface area contributed by atoms with Crippen molar-refractivity contribution in [3.63, 3.8) is 0 Å². The number of aromatic amines is 1. The molecule has 0 unspecified atom stereocenters. The summed E-state index contributed by atoms with van der Waals surface area (Å²) in [6.07, 6.45) is 0.644. The van der Waals surface area contributed by atoms with Crippen LogP contribution in [0.3, 0.4) is 0 Å². The van der Waals surface area contributed by atoms with Crippen LogP contribution in [-0.4, -0.2) is 53.7 Å². The fraction of sp³-hybridized carbons (Fsp3) is 0.333. The van der Waals surface area contributed by atoms with E-state index in [2.05, 4.69) is 41.3 Å². The van der Waals surface area contributed by atoms with Gasteiger partial charge in [-0.15, -0.1) is 5.10 Å². The van der Waals surface area contributed by atoms with Crippen molar-refractivity contribution in [1.29, 1.82) is 0 Å². The maximum atomic E-state index is 11.9. The number of hydrogen-bond donors (Lipinski definition) is 3. The molecule has 0 spiro atoms. The number of H-pyrrole nitrogens is 1. The van der Waals surface area contributed by atoms with Gasteiger partial charge >= 0.3 is 6.03 Å². The molecule has 136 valence electrons. The molecule has 3 aromatic rings. The van der Waals surface area contributed by atoms with Gasteiger partial charge in [-0.3, -0.25) is 5.10 Å². The third-order valence-electron chi connectivity index (χ3n) is 3.42. The summed E-state index contributed by atoms with van der Waals surface area (Å²) < 4.78 is 1.59. The molecule has 0 atom stereocenters. The summed E-state index contributed by atoms with van der Waals surface area (Å²) in [5.74, 6) is 2.22. The summed E-state index contributed by atoms with van der Waals surface area (Å²) >= 11 is 1.48. The Morgan fingerprint density at radius 2 is 2.12 bits per heavy atom. The normalized spacial score (nSPS) is 10.7. The average Bonchev–Trinajstić information content (AvgIpc) is 3.22. The van der Waals surface area contributed by atoms with E-state index in [1.54, 1.807) is 11.7 Å². The van der Waals surface area contributed by atoms with E-state index in [-0.39, 0.29) is 6.03 Å². The first-order valence-corrected chi connectivity index (χ1v) is 8.95. The molecule has 3 rings (SSSR count). The largest absolute Gasteiger partial charge is 0.337 e. The van der Waals surface area contributed by atoms with Crippen molar-refractivity contribution in [3.05, 3.63) is 41.5 Å². The molecular formula is C15H19N9OS. The van der Waals surface area contributed by atoms with Crippen LogP contribution in [0.1, 0.15) is 17.2 Å². The van der Waals surface area contributed by atoms with E-state index < -0.39 is 0 Å². The highest BCUT2D eigenvalue weighted by atomic mass is 32.2. The predicted octanol–water partition coefficient (Wildman–Crippen LogP) is 1.14. The maximum absolute atomic E-state index is 11.9. The Bertz CT molecular complexity index is 858. The lowest BCUT2D eigenvalue weighted by Crippen LogP contribution is -2.30. The molecule has 26 heavy (non-hydrogen) atoms. The van der Waals surface area contributed by atoms with E-state index >= 15 is 0 Å². The Morgan fingerprint density at radius 1 is 1.31 bits per heavy atom. The number of hydrogen-bond acceptors (Lipinski definition) is 7. The predicted molar refractivity (Wildman–Crippen MR) is 96.9 cm³/mol. The van der Waals surface area contributed by atoms with Gasteiger partial charge in [0.05, 0.1) is 0 Å². The van der Waals surface area contributed by atoms with Crippen LogP contribution < -0.4 is 10.6 Å². The van der Waals surface area contributed by atoms with Gasteiger partial charge in [-0.2, -0.15) is 5.10 Å². The van der Waals surface area contributed by atoms with Gasteiger partial charge in [0.15, 0.2) is 5.82 Å². The summed E-state index contributed by atoms with van der Waals surface area (Å²) in [5.41, 5.74) is 1.80. The van der Waals surface area contributed by atoms with Crippen molar-refractivity contribution in [2.24, 2.45) is 7.05 Å². The number of amides is 2. The second-order valence-electron chi connectivity index (χ2n) is 5.53. The van der Waals surface area contributed by atoms with Crippen LogP contribution in [0.4, 0.5) is 10.5 Å². The van der Waals surface area contributed by atoms with Gasteiger partial charge in [0.2, 0.25) is 5.16 Å². The molecule has 0 saturated heterocycles. The summed E-state index contributed by atoms with van der Waals surface area (Å²) in [5, 5.41) is 24.4. The average molecular weight is 373 g/mol. The fourth-order valence-corrected chi connectivity index (χ4v) is 2.89. The maximum Gasteiger partial charge on any atom is 0.319 e. The second kappa shape index (κ2) is 8.43. The lowest BCUT2D eigenvalue weighted by Gasteiger charge is -2.08. The minimum Gasteiger partial charge on any atom is -0.337 e. The number of carbonyl (C=O) groups excluding carboxylic acids is 1. The third-order valence-corrected chi connectivity index (χ3v) is 4.43. The molecule has 10 nitrogen and oxygen atoms in total. The number of aromatic nitrogens is 7. The summed E-state index contributed by atoms with van der Waals surface area (Å²) in [4.78, 5) is 16.2. The van der Waals surface area contributed by atoms with Gasteiger partial charge in [0.1, 0.15) is 5.82 Å². The number of aryl methyl sites for hydroxylation is 2. The van der Waals surface area contributed by atoms with Gasteiger partial charge in [-0.1, -0.05) is 23.9 Å². The Labute approximate surface area is 154 Å². The molecule has 0 aliphatic heterocycles. The highest BCUT2D eigenvalue weighted by Crippen LogP contribution is 2.12. The molecule has 0 fully saturated rings. The molecule has 2 aromatic heterocycles. The zero-order valence-corrected chi connectivity index (χ0v) is 15.2. The lowest BCUT2D eigenvalue weighted by atomic mass is 10.1. The minimum absolute atomic E-state index is 0.251. The number of tetrazole rings is 1. The number of anilines is 1. The molecule has 0 bridgehead atoms. The first-order chi connectivity index (χ1) is 12.6. The van der Waals surface area contributed by atoms with Crippen LogP contribution in [-0.2, 0) is 13.5 Å². The molecule has 0 aliphatic rings. The standard InChI is InChI=1S/C15H19N9OS/c1-10-17-13(20-19-10)9-11-3-5-12(6-4-11)18-14(25)16-7-8-26-15-21-22-23-24(15)2/h3-6H,7-9H2,1-2H3,(H2,16,18,25)(H,17,19,20). The molecule has 2 heterocycles. The zero-order chi connectivity index (χ0) is 18.4. The van der Waals surface area contributed by atoms with E-state index in [4.69, 9.17) is 0 Å². The molecule has 0 saturated carbocycles. The number of carbonyl (C=O) groups is 1. The quantitative estimate of drug-likeness (QED) is 0.419. The molecule has 0 aliphatic carbocycles. The highest BCUT2D eigenvalue weighted by molar-refractivity contribution is 7.99. The number of benzene rings is 1. The fourth-order valence-electron chi connectivity index (χ4n) is 2.18. The van der Waals surface area contributed by atoms with Gasteiger partial charge in [-0.25, -0.2) is 14.5 Å². The van der Waals surface area contributed by atoms with E-state index in [0.717, 1.165) is 22.9 Å². The van der Waals surface area contributed by atoms with Crippen molar-refractivity contribution in [2.45, 2.75) is 18.5 Å². The van der Waals surface area contributed by atoms with Gasteiger partial charge < -0.3 is 10.6 Å². The van der Waals surface area contributed by atoms with Crippen molar-refractivity contribution >= 4 is 23.5 Å². The topological polar surface area (TPSA) is 126 Å². The molecule has 3 N–H and O–H groups in total. The summed E-state index contributed by atoms with van der Waals surface area (Å²) in [6.45, 7) is 2.37. The number of rotatable bonds is 7. The van der Waals surface area contributed by atoms with E-state index in [9.17, 15) is 4.79 Å². The minimum atomic E-state index is -0.251. The van der Waals surface area contributed by atoms with Crippen LogP contribution in [0, 0.1) is 6.92 Å². The summed E-state index contributed by atoms with van der Waals surface area (Å²) in [6, 6.07) is 7.35. The monoisotopic (exact) mass is 373 g/mol. The van der Waals surface area contributed by atoms with Crippen LogP contribution >= 0.6 is 11.8 Å². The second-order valence-corrected chi connectivity index (χ2v) is 6.59. The smallest absolute Gasteiger partial charge is 0.319 e. The first-order valence-electron chi connectivity index (χ1n) is 7.97. The van der Waals surface area contributed by atoms with Crippen molar-refractivity contribution in [3.8, 4) is 0 Å². The van der Waals surface area contributed by atoms with Gasteiger partial charge in [0.25, 0.3) is 0 Å². The number of nitrogens with zero attached hydrogens (tertiary/aromatic N) is 6. The SMILES string of the molecule is Cc1nc(Cc2ccc(NC(=O)NCCSc3nnnn3C)cc2)n[nH]1. The van der Waals surface area contributed by atoms with Crippen molar-refractivity contribution < 1.29 is 4.79 Å².